The van der Waals surface area contributed by atoms with Gasteiger partial charge in [-0.2, -0.15) is 0 Å². The van der Waals surface area contributed by atoms with Crippen LogP contribution in [0.5, 0.6) is 0 Å². The molecule has 2 rings (SSSR count). The van der Waals surface area contributed by atoms with E-state index in [2.05, 4.69) is 53.3 Å². The van der Waals surface area contributed by atoms with Crippen LogP contribution in [0.3, 0.4) is 0 Å². The highest BCUT2D eigenvalue weighted by Crippen LogP contribution is 2.21. The summed E-state index contributed by atoms with van der Waals surface area (Å²) >= 11 is 3.62. The van der Waals surface area contributed by atoms with Crippen LogP contribution >= 0.6 is 15.9 Å². The van der Waals surface area contributed by atoms with E-state index in [4.69, 9.17) is 9.47 Å². The Hall–Kier alpha value is -0.420. The summed E-state index contributed by atoms with van der Waals surface area (Å²) < 4.78 is 12.3. The van der Waals surface area contributed by atoms with Crippen LogP contribution in [-0.4, -0.2) is 25.4 Å². The number of benzene rings is 1. The van der Waals surface area contributed by atoms with Crippen molar-refractivity contribution >= 4 is 15.9 Å². The van der Waals surface area contributed by atoms with Crippen LogP contribution in [0.2, 0.25) is 0 Å². The average molecular weight is 328 g/mol. The molecule has 4 heteroatoms. The molecule has 0 spiro atoms. The molecule has 1 fully saturated rings. The van der Waals surface area contributed by atoms with E-state index in [1.54, 1.807) is 0 Å². The van der Waals surface area contributed by atoms with Gasteiger partial charge in [-0.25, -0.2) is 0 Å². The van der Waals surface area contributed by atoms with Gasteiger partial charge < -0.3 is 14.8 Å². The fraction of sp³-hybridized carbons (Fsp3) is 0.600. The predicted octanol–water partition coefficient (Wildman–Crippen LogP) is 3.25. The Morgan fingerprint density at radius 3 is 2.95 bits per heavy atom. The van der Waals surface area contributed by atoms with Crippen molar-refractivity contribution in [2.45, 2.75) is 45.6 Å². The van der Waals surface area contributed by atoms with E-state index in [-0.39, 0.29) is 6.10 Å². The number of nitrogens with one attached hydrogen (secondary N) is 1. The van der Waals surface area contributed by atoms with Crippen molar-refractivity contribution in [1.82, 2.24) is 5.32 Å². The number of rotatable bonds is 6. The second-order valence-corrected chi connectivity index (χ2v) is 6.11. The number of ether oxygens (including phenoxy) is 2. The zero-order valence-electron chi connectivity index (χ0n) is 11.6. The summed E-state index contributed by atoms with van der Waals surface area (Å²) in [6, 6.07) is 6.96. The third kappa shape index (κ3) is 4.88. The molecule has 106 valence electrons. The lowest BCUT2D eigenvalue weighted by molar-refractivity contribution is 0.0315. The third-order valence-corrected chi connectivity index (χ3v) is 3.93. The molecule has 3 nitrogen and oxygen atoms in total. The van der Waals surface area contributed by atoms with Crippen molar-refractivity contribution in [1.29, 1.82) is 0 Å². The average Bonchev–Trinajstić information content (AvgIpc) is 2.88. The molecule has 19 heavy (non-hydrogen) atoms. The number of hydrogen-bond donors (Lipinski definition) is 1. The van der Waals surface area contributed by atoms with Crippen molar-refractivity contribution in [3.63, 3.8) is 0 Å². The Balaban J connectivity index is 1.87. The smallest absolute Gasteiger partial charge is 0.0835 e. The normalized spacial score (nSPS) is 19.3. The maximum atomic E-state index is 5.84. The van der Waals surface area contributed by atoms with Crippen LogP contribution in [0.4, 0.5) is 0 Å². The summed E-state index contributed by atoms with van der Waals surface area (Å²) in [5, 5.41) is 3.42. The first-order chi connectivity index (χ1) is 9.15. The van der Waals surface area contributed by atoms with Crippen LogP contribution < -0.4 is 5.32 Å². The van der Waals surface area contributed by atoms with Crippen molar-refractivity contribution in [2.75, 3.05) is 13.2 Å². The number of hydrogen-bond acceptors (Lipinski definition) is 3. The standard InChI is InChI=1S/C15H22BrNO2/c1-11(2)17-8-12-3-4-13(15(16)7-12)9-19-14-5-6-18-10-14/h3-4,7,11,14,17H,5-6,8-10H2,1-2H3. The van der Waals surface area contributed by atoms with Gasteiger partial charge in [0.1, 0.15) is 0 Å². The molecule has 0 amide bonds. The minimum atomic E-state index is 0.259. The van der Waals surface area contributed by atoms with E-state index in [0.29, 0.717) is 12.6 Å². The summed E-state index contributed by atoms with van der Waals surface area (Å²) in [6.45, 7) is 7.40. The molecule has 1 atom stereocenters. The highest BCUT2D eigenvalue weighted by atomic mass is 79.9. The van der Waals surface area contributed by atoms with Gasteiger partial charge in [-0.15, -0.1) is 0 Å². The largest absolute Gasteiger partial charge is 0.379 e. The zero-order chi connectivity index (χ0) is 13.7. The molecule has 0 radical (unpaired) electrons. The van der Waals surface area contributed by atoms with E-state index in [9.17, 15) is 0 Å². The molecule has 1 N–H and O–H groups in total. The van der Waals surface area contributed by atoms with E-state index in [1.807, 2.05) is 0 Å². The van der Waals surface area contributed by atoms with Gasteiger partial charge in [0, 0.05) is 23.7 Å². The topological polar surface area (TPSA) is 30.5 Å². The lowest BCUT2D eigenvalue weighted by atomic mass is 10.1. The Labute approximate surface area is 123 Å². The summed E-state index contributed by atoms with van der Waals surface area (Å²) in [6.07, 6.45) is 1.27. The van der Waals surface area contributed by atoms with E-state index >= 15 is 0 Å². The van der Waals surface area contributed by atoms with Gasteiger partial charge in [-0.05, 0) is 23.6 Å². The van der Waals surface area contributed by atoms with E-state index in [0.717, 1.165) is 30.7 Å². The SMILES string of the molecule is CC(C)NCc1ccc(COC2CCOC2)c(Br)c1. The fourth-order valence-corrected chi connectivity index (χ4v) is 2.53. The summed E-state index contributed by atoms with van der Waals surface area (Å²) in [5.41, 5.74) is 2.48. The maximum Gasteiger partial charge on any atom is 0.0835 e. The van der Waals surface area contributed by atoms with Crippen LogP contribution in [0, 0.1) is 0 Å². The van der Waals surface area contributed by atoms with Gasteiger partial charge in [-0.1, -0.05) is 41.9 Å². The van der Waals surface area contributed by atoms with E-state index in [1.165, 1.54) is 11.1 Å². The highest BCUT2D eigenvalue weighted by molar-refractivity contribution is 9.10. The van der Waals surface area contributed by atoms with Crippen LogP contribution in [0.15, 0.2) is 22.7 Å². The minimum Gasteiger partial charge on any atom is -0.379 e. The molecule has 1 aliphatic heterocycles. The van der Waals surface area contributed by atoms with Crippen LogP contribution in [-0.2, 0) is 22.6 Å². The molecule has 1 aliphatic rings. The lowest BCUT2D eigenvalue weighted by Crippen LogP contribution is -2.21. The molecule has 0 aliphatic carbocycles. The number of halogens is 1. The first-order valence-electron chi connectivity index (χ1n) is 6.85. The second kappa shape index (κ2) is 7.39. The quantitative estimate of drug-likeness (QED) is 0.870. The van der Waals surface area contributed by atoms with Gasteiger partial charge >= 0.3 is 0 Å². The van der Waals surface area contributed by atoms with Crippen LogP contribution in [0.1, 0.15) is 31.4 Å². The highest BCUT2D eigenvalue weighted by Gasteiger charge is 2.16. The van der Waals surface area contributed by atoms with Crippen molar-refractivity contribution in [2.24, 2.45) is 0 Å². The fourth-order valence-electron chi connectivity index (χ4n) is 1.99. The Morgan fingerprint density at radius 1 is 1.47 bits per heavy atom. The molecule has 0 aromatic heterocycles. The van der Waals surface area contributed by atoms with Crippen molar-refractivity contribution in [3.8, 4) is 0 Å². The summed E-state index contributed by atoms with van der Waals surface area (Å²) in [4.78, 5) is 0. The first-order valence-corrected chi connectivity index (χ1v) is 7.64. The Kier molecular flexibility index (Phi) is 5.82. The van der Waals surface area contributed by atoms with Gasteiger partial charge in [0.05, 0.1) is 19.3 Å². The second-order valence-electron chi connectivity index (χ2n) is 5.26. The minimum absolute atomic E-state index is 0.259. The molecule has 1 aromatic rings. The van der Waals surface area contributed by atoms with Crippen molar-refractivity contribution in [3.05, 3.63) is 33.8 Å². The van der Waals surface area contributed by atoms with Gasteiger partial charge in [0.15, 0.2) is 0 Å². The Morgan fingerprint density at radius 2 is 2.32 bits per heavy atom. The predicted molar refractivity (Wildman–Crippen MR) is 80.1 cm³/mol. The van der Waals surface area contributed by atoms with Crippen LogP contribution in [0.25, 0.3) is 0 Å². The van der Waals surface area contributed by atoms with Gasteiger partial charge in [-0.3, -0.25) is 0 Å². The molecule has 1 aromatic carbocycles. The molecular formula is C15H22BrNO2. The zero-order valence-corrected chi connectivity index (χ0v) is 13.2. The maximum absolute atomic E-state index is 5.84. The monoisotopic (exact) mass is 327 g/mol. The van der Waals surface area contributed by atoms with E-state index < -0.39 is 0 Å². The molecule has 1 heterocycles. The van der Waals surface area contributed by atoms with Crippen molar-refractivity contribution < 1.29 is 9.47 Å². The third-order valence-electron chi connectivity index (χ3n) is 3.19. The molecule has 1 saturated heterocycles. The summed E-state index contributed by atoms with van der Waals surface area (Å²) in [5.74, 6) is 0. The molecular weight excluding hydrogens is 306 g/mol. The van der Waals surface area contributed by atoms with Gasteiger partial charge in [0.2, 0.25) is 0 Å². The first kappa shape index (κ1) is 15.0. The summed E-state index contributed by atoms with van der Waals surface area (Å²) in [7, 11) is 0. The lowest BCUT2D eigenvalue weighted by Gasteiger charge is -2.13. The Bertz CT molecular complexity index is 403. The van der Waals surface area contributed by atoms with Gasteiger partial charge in [0.25, 0.3) is 0 Å². The molecule has 0 bridgehead atoms. The molecule has 1 unspecified atom stereocenters. The molecule has 0 saturated carbocycles.